The molecule has 94 valence electrons. The van der Waals surface area contributed by atoms with Crippen molar-refractivity contribution in [2.24, 2.45) is 10.8 Å². The molecule has 0 bridgehead atoms. The second-order valence-corrected chi connectivity index (χ2v) is 3.40. The van der Waals surface area contributed by atoms with Crippen LogP contribution in [0.25, 0.3) is 0 Å². The van der Waals surface area contributed by atoms with E-state index < -0.39 is 11.7 Å². The van der Waals surface area contributed by atoms with E-state index in [9.17, 15) is 13.2 Å². The Bertz CT molecular complexity index is 542. The van der Waals surface area contributed by atoms with E-state index >= 15 is 0 Å². The number of nitrogens with zero attached hydrogens (tertiary/aromatic N) is 4. The van der Waals surface area contributed by atoms with Crippen LogP contribution < -0.4 is 5.73 Å². The zero-order valence-corrected chi connectivity index (χ0v) is 8.96. The van der Waals surface area contributed by atoms with Gasteiger partial charge in [0.05, 0.1) is 5.56 Å². The number of aromatic nitrogens is 3. The third-order valence-corrected chi connectivity index (χ3v) is 2.14. The molecule has 2 aromatic rings. The largest absolute Gasteiger partial charge is 0.416 e. The lowest BCUT2D eigenvalue weighted by atomic mass is 10.1. The Kier molecular flexibility index (Phi) is 3.00. The minimum atomic E-state index is -4.36. The maximum absolute atomic E-state index is 12.3. The smallest absolute Gasteiger partial charge is 0.382 e. The fraction of sp³-hybridized carbons (Fsp3) is 0.100. The van der Waals surface area contributed by atoms with Crippen molar-refractivity contribution in [2.45, 2.75) is 6.18 Å². The first-order valence-corrected chi connectivity index (χ1v) is 4.83. The van der Waals surface area contributed by atoms with Crippen molar-refractivity contribution in [3.8, 4) is 0 Å². The summed E-state index contributed by atoms with van der Waals surface area (Å²) in [6, 6.07) is 4.41. The summed E-state index contributed by atoms with van der Waals surface area (Å²) < 4.78 is 38.3. The summed E-state index contributed by atoms with van der Waals surface area (Å²) in [5, 5.41) is 10.9. The van der Waals surface area contributed by atoms with Gasteiger partial charge in [-0.2, -0.15) is 13.2 Å². The third-order valence-electron chi connectivity index (χ3n) is 2.14. The van der Waals surface area contributed by atoms with E-state index in [0.29, 0.717) is 5.56 Å². The molecule has 18 heavy (non-hydrogen) atoms. The molecule has 2 rings (SSSR count). The second-order valence-electron chi connectivity index (χ2n) is 3.40. The number of amidine groups is 1. The number of rotatable bonds is 2. The van der Waals surface area contributed by atoms with Crippen molar-refractivity contribution in [3.63, 3.8) is 0 Å². The fourth-order valence-electron chi connectivity index (χ4n) is 1.26. The minimum Gasteiger partial charge on any atom is -0.382 e. The molecule has 0 saturated carbocycles. The molecule has 0 fully saturated rings. The highest BCUT2D eigenvalue weighted by Gasteiger charge is 2.29. The lowest BCUT2D eigenvalue weighted by Crippen LogP contribution is -2.15. The van der Waals surface area contributed by atoms with Crippen LogP contribution in [0.5, 0.6) is 0 Å². The molecule has 0 aliphatic heterocycles. The summed E-state index contributed by atoms with van der Waals surface area (Å²) >= 11 is 0. The number of nitrogens with two attached hydrogens (primary N) is 1. The molecule has 8 heteroatoms. The van der Waals surface area contributed by atoms with Crippen LogP contribution >= 0.6 is 0 Å². The normalized spacial score (nSPS) is 12.7. The standard InChI is InChI=1S/C10H8F3N5/c11-10(12,13)8-3-1-7(2-4-8)9(14)17-18-5-15-16-6-18/h1-6H,(H2,14,17). The van der Waals surface area contributed by atoms with Gasteiger partial charge in [0.1, 0.15) is 12.7 Å². The molecular formula is C10H8F3N5. The van der Waals surface area contributed by atoms with Gasteiger partial charge in [-0.3, -0.25) is 0 Å². The average Bonchev–Trinajstić information content (AvgIpc) is 2.81. The summed E-state index contributed by atoms with van der Waals surface area (Å²) in [6.45, 7) is 0. The van der Waals surface area contributed by atoms with E-state index in [2.05, 4.69) is 15.3 Å². The summed E-state index contributed by atoms with van der Waals surface area (Å²) in [7, 11) is 0. The molecule has 0 unspecified atom stereocenters. The van der Waals surface area contributed by atoms with Crippen molar-refractivity contribution < 1.29 is 13.2 Å². The van der Waals surface area contributed by atoms with E-state index in [0.717, 1.165) is 12.1 Å². The quantitative estimate of drug-likeness (QED) is 0.652. The topological polar surface area (TPSA) is 69.1 Å². The van der Waals surface area contributed by atoms with Crippen LogP contribution in [0.3, 0.4) is 0 Å². The zero-order chi connectivity index (χ0) is 13.2. The van der Waals surface area contributed by atoms with Gasteiger partial charge in [0.15, 0.2) is 5.84 Å². The summed E-state index contributed by atoms with van der Waals surface area (Å²) in [6.07, 6.45) is -1.73. The molecule has 0 spiro atoms. The highest BCUT2D eigenvalue weighted by Crippen LogP contribution is 2.28. The molecule has 1 aromatic heterocycles. The Labute approximate surface area is 99.7 Å². The van der Waals surface area contributed by atoms with Crippen LogP contribution in [0.15, 0.2) is 42.0 Å². The summed E-state index contributed by atoms with van der Waals surface area (Å²) in [5.74, 6) is 0.0727. The molecule has 2 N–H and O–H groups in total. The van der Waals surface area contributed by atoms with Gasteiger partial charge < -0.3 is 5.73 Å². The van der Waals surface area contributed by atoms with Gasteiger partial charge in [-0.25, -0.2) is 4.68 Å². The first-order valence-electron chi connectivity index (χ1n) is 4.83. The molecule has 1 heterocycles. The van der Waals surface area contributed by atoms with Crippen LogP contribution in [0.2, 0.25) is 0 Å². The molecular weight excluding hydrogens is 247 g/mol. The zero-order valence-electron chi connectivity index (χ0n) is 8.96. The van der Waals surface area contributed by atoms with Crippen molar-refractivity contribution in [1.82, 2.24) is 14.9 Å². The van der Waals surface area contributed by atoms with E-state index in [4.69, 9.17) is 5.73 Å². The molecule has 1 aromatic carbocycles. The second kappa shape index (κ2) is 4.47. The summed E-state index contributed by atoms with van der Waals surface area (Å²) in [4.78, 5) is 0. The highest BCUT2D eigenvalue weighted by molar-refractivity contribution is 5.97. The first-order chi connectivity index (χ1) is 8.47. The average molecular weight is 255 g/mol. The molecule has 0 aliphatic carbocycles. The van der Waals surface area contributed by atoms with Crippen LogP contribution in [0.1, 0.15) is 11.1 Å². The molecule has 5 nitrogen and oxygen atoms in total. The van der Waals surface area contributed by atoms with E-state index in [-0.39, 0.29) is 5.84 Å². The lowest BCUT2D eigenvalue weighted by molar-refractivity contribution is -0.137. The number of alkyl halides is 3. The predicted octanol–water partition coefficient (Wildman–Crippen LogP) is 1.47. The lowest BCUT2D eigenvalue weighted by Gasteiger charge is -2.07. The SMILES string of the molecule is N/C(=N\n1cnnc1)c1ccc(C(F)(F)F)cc1. The van der Waals surface area contributed by atoms with Crippen molar-refractivity contribution in [3.05, 3.63) is 48.0 Å². The van der Waals surface area contributed by atoms with Gasteiger partial charge in [-0.05, 0) is 12.1 Å². The molecule has 0 amide bonds. The van der Waals surface area contributed by atoms with Gasteiger partial charge >= 0.3 is 6.18 Å². The Morgan fingerprint density at radius 2 is 1.67 bits per heavy atom. The Hall–Kier alpha value is -2.38. The predicted molar refractivity (Wildman–Crippen MR) is 57.6 cm³/mol. The summed E-state index contributed by atoms with van der Waals surface area (Å²) in [5.41, 5.74) is 5.29. The van der Waals surface area contributed by atoms with Gasteiger partial charge in [0.25, 0.3) is 0 Å². The monoisotopic (exact) mass is 255 g/mol. The van der Waals surface area contributed by atoms with Crippen LogP contribution in [0, 0.1) is 0 Å². The van der Waals surface area contributed by atoms with Crippen LogP contribution in [-0.2, 0) is 6.18 Å². The van der Waals surface area contributed by atoms with Crippen LogP contribution in [0.4, 0.5) is 13.2 Å². The van der Waals surface area contributed by atoms with Crippen LogP contribution in [-0.4, -0.2) is 20.7 Å². The van der Waals surface area contributed by atoms with Gasteiger partial charge in [0.2, 0.25) is 0 Å². The Morgan fingerprint density at radius 3 is 2.17 bits per heavy atom. The Morgan fingerprint density at radius 1 is 1.11 bits per heavy atom. The van der Waals surface area contributed by atoms with Crippen molar-refractivity contribution >= 4 is 5.84 Å². The maximum atomic E-state index is 12.3. The molecule has 0 saturated heterocycles. The number of hydrogen-bond acceptors (Lipinski definition) is 3. The van der Waals surface area contributed by atoms with E-state index in [1.54, 1.807) is 0 Å². The Balaban J connectivity index is 2.25. The maximum Gasteiger partial charge on any atom is 0.416 e. The van der Waals surface area contributed by atoms with Gasteiger partial charge in [0, 0.05) is 5.56 Å². The fourth-order valence-corrected chi connectivity index (χ4v) is 1.26. The molecule has 0 radical (unpaired) electrons. The third kappa shape index (κ3) is 2.65. The number of halogens is 3. The first kappa shape index (κ1) is 12.1. The van der Waals surface area contributed by atoms with Gasteiger partial charge in [-0.15, -0.1) is 15.3 Å². The molecule has 0 atom stereocenters. The minimum absolute atomic E-state index is 0.0727. The number of benzene rings is 1. The van der Waals surface area contributed by atoms with Crippen molar-refractivity contribution in [2.75, 3.05) is 0 Å². The van der Waals surface area contributed by atoms with E-state index in [1.807, 2.05) is 0 Å². The highest BCUT2D eigenvalue weighted by atomic mass is 19.4. The van der Waals surface area contributed by atoms with E-state index in [1.165, 1.54) is 29.5 Å². The number of hydrogen-bond donors (Lipinski definition) is 1. The molecule has 0 aliphatic rings. The van der Waals surface area contributed by atoms with Gasteiger partial charge in [-0.1, -0.05) is 12.1 Å². The van der Waals surface area contributed by atoms with Crippen molar-refractivity contribution in [1.29, 1.82) is 0 Å².